The van der Waals surface area contributed by atoms with Crippen molar-refractivity contribution in [3.63, 3.8) is 0 Å². The van der Waals surface area contributed by atoms with Crippen molar-refractivity contribution in [2.75, 3.05) is 18.4 Å². The SMILES string of the molecule is Cc1cn(-c2ccc(C(N)=O)c(NCCN)c2)c2c1C(=O)CC(C)(C)C2. The van der Waals surface area contributed by atoms with Gasteiger partial charge >= 0.3 is 0 Å². The lowest BCUT2D eigenvalue weighted by Crippen LogP contribution is -2.28. The van der Waals surface area contributed by atoms with E-state index in [2.05, 4.69) is 23.7 Å². The van der Waals surface area contributed by atoms with Crippen LogP contribution in [0.5, 0.6) is 0 Å². The van der Waals surface area contributed by atoms with E-state index in [1.54, 1.807) is 6.07 Å². The first-order valence-electron chi connectivity index (χ1n) is 8.86. The molecule has 1 heterocycles. The second-order valence-electron chi connectivity index (χ2n) is 7.75. The second kappa shape index (κ2) is 6.61. The van der Waals surface area contributed by atoms with Gasteiger partial charge in [0.1, 0.15) is 0 Å². The molecule has 0 fully saturated rings. The molecule has 0 saturated heterocycles. The van der Waals surface area contributed by atoms with E-state index in [-0.39, 0.29) is 11.2 Å². The number of hydrogen-bond donors (Lipinski definition) is 3. The van der Waals surface area contributed by atoms with Gasteiger partial charge in [-0.25, -0.2) is 0 Å². The number of aryl methyl sites for hydroxylation is 1. The molecule has 1 aromatic heterocycles. The predicted octanol–water partition coefficient (Wildman–Crippen LogP) is 2.41. The fourth-order valence-electron chi connectivity index (χ4n) is 3.76. The third kappa shape index (κ3) is 3.24. The maximum Gasteiger partial charge on any atom is 0.250 e. The summed E-state index contributed by atoms with van der Waals surface area (Å²) in [5.41, 5.74) is 15.8. The molecule has 1 aliphatic carbocycles. The van der Waals surface area contributed by atoms with Gasteiger partial charge < -0.3 is 21.4 Å². The van der Waals surface area contributed by atoms with Crippen LogP contribution in [0.1, 0.15) is 52.2 Å². The Morgan fingerprint density at radius 1 is 1.31 bits per heavy atom. The largest absolute Gasteiger partial charge is 0.383 e. The fraction of sp³-hybridized carbons (Fsp3) is 0.400. The molecule has 0 atom stereocenters. The van der Waals surface area contributed by atoms with Crippen LogP contribution in [0, 0.1) is 12.3 Å². The molecular weight excluding hydrogens is 328 g/mol. The molecule has 138 valence electrons. The summed E-state index contributed by atoms with van der Waals surface area (Å²) in [4.78, 5) is 24.3. The Kier molecular flexibility index (Phi) is 4.63. The van der Waals surface area contributed by atoms with Crippen molar-refractivity contribution < 1.29 is 9.59 Å². The highest BCUT2D eigenvalue weighted by atomic mass is 16.1. The summed E-state index contributed by atoms with van der Waals surface area (Å²) in [5.74, 6) is -0.291. The minimum atomic E-state index is -0.488. The molecular formula is C20H26N4O2. The van der Waals surface area contributed by atoms with Crippen LogP contribution in [0.4, 0.5) is 5.69 Å². The highest BCUT2D eigenvalue weighted by molar-refractivity contribution is 6.01. The first kappa shape index (κ1) is 18.2. The highest BCUT2D eigenvalue weighted by Crippen LogP contribution is 2.38. The molecule has 6 nitrogen and oxygen atoms in total. The number of Topliss-reactive ketones (excluding diaryl/α,β-unsaturated/α-hetero) is 1. The molecule has 3 rings (SSSR count). The summed E-state index contributed by atoms with van der Waals surface area (Å²) in [6.07, 6.45) is 3.38. The molecule has 0 spiro atoms. The number of amides is 1. The van der Waals surface area contributed by atoms with Crippen LogP contribution in [-0.4, -0.2) is 29.3 Å². The summed E-state index contributed by atoms with van der Waals surface area (Å²) >= 11 is 0. The first-order valence-corrected chi connectivity index (χ1v) is 8.86. The number of fused-ring (bicyclic) bond motifs is 1. The van der Waals surface area contributed by atoms with Gasteiger partial charge in [0.25, 0.3) is 5.91 Å². The lowest BCUT2D eigenvalue weighted by Gasteiger charge is -2.30. The van der Waals surface area contributed by atoms with Crippen molar-refractivity contribution in [3.8, 4) is 5.69 Å². The fourth-order valence-corrected chi connectivity index (χ4v) is 3.76. The van der Waals surface area contributed by atoms with Crippen LogP contribution >= 0.6 is 0 Å². The summed E-state index contributed by atoms with van der Waals surface area (Å²) in [5, 5.41) is 3.16. The van der Waals surface area contributed by atoms with Crippen LogP contribution in [-0.2, 0) is 6.42 Å². The molecule has 1 aliphatic rings. The predicted molar refractivity (Wildman–Crippen MR) is 103 cm³/mol. The van der Waals surface area contributed by atoms with Crippen LogP contribution in [0.15, 0.2) is 24.4 Å². The maximum absolute atomic E-state index is 12.6. The Hall–Kier alpha value is -2.60. The second-order valence-corrected chi connectivity index (χ2v) is 7.75. The number of primary amides is 1. The van der Waals surface area contributed by atoms with Gasteiger partial charge in [0.15, 0.2) is 5.78 Å². The van der Waals surface area contributed by atoms with E-state index in [9.17, 15) is 9.59 Å². The van der Waals surface area contributed by atoms with Crippen LogP contribution < -0.4 is 16.8 Å². The number of hydrogen-bond acceptors (Lipinski definition) is 4. The molecule has 6 heteroatoms. The van der Waals surface area contributed by atoms with Gasteiger partial charge in [0, 0.05) is 48.3 Å². The maximum atomic E-state index is 12.6. The Labute approximate surface area is 153 Å². The highest BCUT2D eigenvalue weighted by Gasteiger charge is 2.34. The zero-order valence-corrected chi connectivity index (χ0v) is 15.6. The number of rotatable bonds is 5. The zero-order valence-electron chi connectivity index (χ0n) is 15.6. The van der Waals surface area contributed by atoms with Crippen molar-refractivity contribution in [3.05, 3.63) is 46.8 Å². The molecule has 0 aliphatic heterocycles. The molecule has 1 amide bonds. The minimum absolute atomic E-state index is 0.0690. The number of aromatic nitrogens is 1. The molecule has 5 N–H and O–H groups in total. The van der Waals surface area contributed by atoms with Crippen LogP contribution in [0.3, 0.4) is 0 Å². The molecule has 1 aromatic carbocycles. The number of ketones is 1. The van der Waals surface area contributed by atoms with Gasteiger partial charge in [-0.05, 0) is 42.5 Å². The zero-order chi connectivity index (χ0) is 19.1. The summed E-state index contributed by atoms with van der Waals surface area (Å²) in [6.45, 7) is 7.19. The summed E-state index contributed by atoms with van der Waals surface area (Å²) in [7, 11) is 0. The number of carbonyl (C=O) groups excluding carboxylic acids is 2. The summed E-state index contributed by atoms with van der Waals surface area (Å²) in [6, 6.07) is 5.47. The Morgan fingerprint density at radius 2 is 2.04 bits per heavy atom. The smallest absolute Gasteiger partial charge is 0.250 e. The lowest BCUT2D eigenvalue weighted by atomic mass is 9.75. The van der Waals surface area contributed by atoms with Gasteiger partial charge in [-0.1, -0.05) is 13.8 Å². The van der Waals surface area contributed by atoms with E-state index in [0.29, 0.717) is 30.8 Å². The molecule has 26 heavy (non-hydrogen) atoms. The van der Waals surface area contributed by atoms with E-state index in [4.69, 9.17) is 11.5 Å². The number of anilines is 1. The van der Waals surface area contributed by atoms with Gasteiger partial charge in [-0.15, -0.1) is 0 Å². The minimum Gasteiger partial charge on any atom is -0.383 e. The average molecular weight is 354 g/mol. The van der Waals surface area contributed by atoms with Crippen LogP contribution in [0.2, 0.25) is 0 Å². The molecule has 0 bridgehead atoms. The quantitative estimate of drug-likeness (QED) is 0.767. The van der Waals surface area contributed by atoms with Gasteiger partial charge in [0.05, 0.1) is 5.56 Å². The van der Waals surface area contributed by atoms with Crippen molar-refractivity contribution in [1.29, 1.82) is 0 Å². The number of benzene rings is 1. The Morgan fingerprint density at radius 3 is 2.69 bits per heavy atom. The third-order valence-electron chi connectivity index (χ3n) is 4.87. The van der Waals surface area contributed by atoms with Crippen LogP contribution in [0.25, 0.3) is 5.69 Å². The normalized spacial score (nSPS) is 15.6. The van der Waals surface area contributed by atoms with Crippen molar-refractivity contribution >= 4 is 17.4 Å². The Balaban J connectivity index is 2.12. The number of nitrogens with two attached hydrogens (primary N) is 2. The average Bonchev–Trinajstić information content (AvgIpc) is 2.87. The van der Waals surface area contributed by atoms with E-state index in [1.165, 1.54) is 0 Å². The van der Waals surface area contributed by atoms with E-state index in [1.807, 2.05) is 25.3 Å². The monoisotopic (exact) mass is 354 g/mol. The standard InChI is InChI=1S/C20H26N4O2/c1-12-11-24(16-9-20(2,3)10-17(25)18(12)16)13-4-5-14(19(22)26)15(8-13)23-7-6-21/h4-5,8,11,23H,6-7,9-10,21H2,1-3H3,(H2,22,26). The van der Waals surface area contributed by atoms with Crippen molar-refractivity contribution in [1.82, 2.24) is 4.57 Å². The number of carbonyl (C=O) groups is 2. The topological polar surface area (TPSA) is 103 Å². The number of nitrogens with zero attached hydrogens (tertiary/aromatic N) is 1. The van der Waals surface area contributed by atoms with E-state index < -0.39 is 5.91 Å². The summed E-state index contributed by atoms with van der Waals surface area (Å²) < 4.78 is 2.06. The Bertz CT molecular complexity index is 880. The van der Waals surface area contributed by atoms with Gasteiger partial charge in [-0.2, -0.15) is 0 Å². The molecule has 0 saturated carbocycles. The van der Waals surface area contributed by atoms with E-state index in [0.717, 1.165) is 28.9 Å². The van der Waals surface area contributed by atoms with E-state index >= 15 is 0 Å². The van der Waals surface area contributed by atoms with Crippen molar-refractivity contribution in [2.45, 2.75) is 33.6 Å². The molecule has 0 unspecified atom stereocenters. The van der Waals surface area contributed by atoms with Gasteiger partial charge in [-0.3, -0.25) is 9.59 Å². The lowest BCUT2D eigenvalue weighted by molar-refractivity contribution is 0.0909. The number of nitrogens with one attached hydrogen (secondary N) is 1. The first-order chi connectivity index (χ1) is 12.2. The molecule has 2 aromatic rings. The van der Waals surface area contributed by atoms with Crippen molar-refractivity contribution in [2.24, 2.45) is 16.9 Å². The molecule has 0 radical (unpaired) electrons. The van der Waals surface area contributed by atoms with Gasteiger partial charge in [0.2, 0.25) is 0 Å². The third-order valence-corrected chi connectivity index (χ3v) is 4.87.